The molecular weight excluding hydrogens is 436 g/mol. The molecule has 1 aliphatic rings. The predicted octanol–water partition coefficient (Wildman–Crippen LogP) is 6.62. The summed E-state index contributed by atoms with van der Waals surface area (Å²) in [5.41, 5.74) is 1.06. The SMILES string of the molecule is C=CCOc1ccc(-c2ccc(-c3ccc(C4COC(C)OC4)c(F)c3F)cc2)c(F)c1F. The third kappa shape index (κ3) is 4.65. The van der Waals surface area contributed by atoms with Gasteiger partial charge in [0, 0.05) is 17.0 Å². The average Bonchev–Trinajstić information content (AvgIpc) is 2.83. The molecule has 7 heteroatoms. The first-order valence-corrected chi connectivity index (χ1v) is 10.4. The molecule has 3 nitrogen and oxygen atoms in total. The van der Waals surface area contributed by atoms with E-state index in [-0.39, 0.29) is 48.6 Å². The van der Waals surface area contributed by atoms with Crippen molar-refractivity contribution in [3.8, 4) is 28.0 Å². The van der Waals surface area contributed by atoms with Crippen LogP contribution >= 0.6 is 0 Å². The largest absolute Gasteiger partial charge is 0.486 e. The fourth-order valence-corrected chi connectivity index (χ4v) is 3.73. The van der Waals surface area contributed by atoms with E-state index in [1.165, 1.54) is 54.6 Å². The maximum absolute atomic E-state index is 14.9. The summed E-state index contributed by atoms with van der Waals surface area (Å²) < 4.78 is 74.4. The molecule has 3 aromatic carbocycles. The maximum Gasteiger partial charge on any atom is 0.201 e. The summed E-state index contributed by atoms with van der Waals surface area (Å²) in [4.78, 5) is 0. The molecule has 0 saturated carbocycles. The van der Waals surface area contributed by atoms with Crippen LogP contribution in [-0.4, -0.2) is 26.1 Å². The van der Waals surface area contributed by atoms with E-state index < -0.39 is 29.2 Å². The van der Waals surface area contributed by atoms with Gasteiger partial charge in [0.1, 0.15) is 6.61 Å². The van der Waals surface area contributed by atoms with Gasteiger partial charge < -0.3 is 14.2 Å². The van der Waals surface area contributed by atoms with E-state index in [0.29, 0.717) is 11.1 Å². The van der Waals surface area contributed by atoms with Crippen LogP contribution in [0.15, 0.2) is 61.2 Å². The van der Waals surface area contributed by atoms with Crippen molar-refractivity contribution >= 4 is 0 Å². The van der Waals surface area contributed by atoms with Crippen molar-refractivity contribution in [3.05, 3.63) is 90.0 Å². The minimum atomic E-state index is -1.10. The summed E-state index contributed by atoms with van der Waals surface area (Å²) in [6.07, 6.45) is 1.05. The van der Waals surface area contributed by atoms with Gasteiger partial charge in [0.05, 0.1) is 13.2 Å². The van der Waals surface area contributed by atoms with Gasteiger partial charge in [-0.05, 0) is 35.7 Å². The Labute approximate surface area is 189 Å². The monoisotopic (exact) mass is 458 g/mol. The van der Waals surface area contributed by atoms with Crippen LogP contribution in [-0.2, 0) is 9.47 Å². The Kier molecular flexibility index (Phi) is 6.81. The van der Waals surface area contributed by atoms with E-state index in [2.05, 4.69) is 6.58 Å². The number of hydrogen-bond acceptors (Lipinski definition) is 3. The summed E-state index contributed by atoms with van der Waals surface area (Å²) in [7, 11) is 0. The molecule has 0 amide bonds. The molecule has 1 heterocycles. The zero-order valence-corrected chi connectivity index (χ0v) is 17.9. The van der Waals surface area contributed by atoms with E-state index in [0.717, 1.165) is 0 Å². The normalized spacial score (nSPS) is 18.2. The highest BCUT2D eigenvalue weighted by Gasteiger charge is 2.26. The van der Waals surface area contributed by atoms with Crippen molar-refractivity contribution in [3.63, 3.8) is 0 Å². The highest BCUT2D eigenvalue weighted by molar-refractivity contribution is 5.71. The molecule has 4 rings (SSSR count). The van der Waals surface area contributed by atoms with Gasteiger partial charge in [-0.2, -0.15) is 4.39 Å². The molecule has 0 bridgehead atoms. The number of benzene rings is 3. The van der Waals surface area contributed by atoms with E-state index >= 15 is 0 Å². The molecular formula is C26H22F4O3. The Morgan fingerprint density at radius 1 is 0.818 bits per heavy atom. The lowest BCUT2D eigenvalue weighted by molar-refractivity contribution is -0.176. The van der Waals surface area contributed by atoms with Crippen LogP contribution in [0.3, 0.4) is 0 Å². The number of rotatable bonds is 6. The molecule has 0 aliphatic carbocycles. The van der Waals surface area contributed by atoms with Crippen molar-refractivity contribution in [1.29, 1.82) is 0 Å². The molecule has 172 valence electrons. The molecule has 0 spiro atoms. The van der Waals surface area contributed by atoms with E-state index in [9.17, 15) is 17.6 Å². The Bertz CT molecular complexity index is 1150. The van der Waals surface area contributed by atoms with E-state index in [1.54, 1.807) is 6.92 Å². The minimum absolute atomic E-state index is 0.0264. The first-order valence-electron chi connectivity index (χ1n) is 10.4. The van der Waals surface area contributed by atoms with Crippen LogP contribution < -0.4 is 4.74 Å². The lowest BCUT2D eigenvalue weighted by Crippen LogP contribution is -2.29. The molecule has 0 aromatic heterocycles. The fraction of sp³-hybridized carbons (Fsp3) is 0.231. The first-order chi connectivity index (χ1) is 15.9. The summed E-state index contributed by atoms with van der Waals surface area (Å²) in [6, 6.07) is 11.8. The van der Waals surface area contributed by atoms with Gasteiger partial charge in [-0.15, -0.1) is 0 Å². The van der Waals surface area contributed by atoms with Crippen LogP contribution in [0, 0.1) is 23.3 Å². The zero-order valence-electron chi connectivity index (χ0n) is 17.9. The van der Waals surface area contributed by atoms with Gasteiger partial charge >= 0.3 is 0 Å². The highest BCUT2D eigenvalue weighted by Crippen LogP contribution is 2.34. The van der Waals surface area contributed by atoms with Gasteiger partial charge in [0.25, 0.3) is 0 Å². The quantitative estimate of drug-likeness (QED) is 0.307. The zero-order chi connectivity index (χ0) is 23.5. The van der Waals surface area contributed by atoms with Crippen molar-refractivity contribution in [2.24, 2.45) is 0 Å². The van der Waals surface area contributed by atoms with Gasteiger partial charge in [-0.1, -0.05) is 49.1 Å². The number of hydrogen-bond donors (Lipinski definition) is 0. The Morgan fingerprint density at radius 3 is 1.94 bits per heavy atom. The third-order valence-electron chi connectivity index (χ3n) is 5.53. The molecule has 1 saturated heterocycles. The van der Waals surface area contributed by atoms with Crippen LogP contribution in [0.4, 0.5) is 17.6 Å². The minimum Gasteiger partial charge on any atom is -0.486 e. The Hall–Kier alpha value is -3.16. The van der Waals surface area contributed by atoms with Crippen molar-refractivity contribution < 1.29 is 31.8 Å². The summed E-state index contributed by atoms with van der Waals surface area (Å²) in [5, 5.41) is 0. The van der Waals surface area contributed by atoms with Crippen molar-refractivity contribution in [2.45, 2.75) is 19.1 Å². The topological polar surface area (TPSA) is 27.7 Å². The Balaban J connectivity index is 1.59. The molecule has 3 aromatic rings. The molecule has 33 heavy (non-hydrogen) atoms. The van der Waals surface area contributed by atoms with Crippen molar-refractivity contribution in [1.82, 2.24) is 0 Å². The second-order valence-corrected chi connectivity index (χ2v) is 7.68. The first kappa shape index (κ1) is 23.0. The van der Waals surface area contributed by atoms with Gasteiger partial charge in [-0.25, -0.2) is 13.2 Å². The number of halogens is 4. The smallest absolute Gasteiger partial charge is 0.201 e. The second kappa shape index (κ2) is 9.77. The molecule has 1 aliphatic heterocycles. The van der Waals surface area contributed by atoms with Crippen molar-refractivity contribution in [2.75, 3.05) is 19.8 Å². The summed E-state index contributed by atoms with van der Waals surface area (Å²) in [6.45, 7) is 5.74. The molecule has 0 unspecified atom stereocenters. The van der Waals surface area contributed by atoms with E-state index in [1.807, 2.05) is 0 Å². The maximum atomic E-state index is 14.9. The van der Waals surface area contributed by atoms with E-state index in [4.69, 9.17) is 14.2 Å². The molecule has 0 N–H and O–H groups in total. The fourth-order valence-electron chi connectivity index (χ4n) is 3.73. The van der Waals surface area contributed by atoms with Crippen LogP contribution in [0.5, 0.6) is 5.75 Å². The predicted molar refractivity (Wildman–Crippen MR) is 117 cm³/mol. The Morgan fingerprint density at radius 2 is 1.36 bits per heavy atom. The lowest BCUT2D eigenvalue weighted by atomic mass is 9.94. The molecule has 0 atom stereocenters. The van der Waals surface area contributed by atoms with Gasteiger partial charge in [-0.3, -0.25) is 0 Å². The van der Waals surface area contributed by atoms with Gasteiger partial charge in [0.2, 0.25) is 5.82 Å². The summed E-state index contributed by atoms with van der Waals surface area (Å²) >= 11 is 0. The standard InChI is InChI=1S/C26H22F4O3/c1-3-12-31-22-11-10-20(25(29)26(22)30)17-6-4-16(5-7-17)19-8-9-21(24(28)23(19)27)18-13-32-15(2)33-14-18/h3-11,15,18H,1,12-14H2,2H3. The van der Waals surface area contributed by atoms with Crippen LogP contribution in [0.1, 0.15) is 18.4 Å². The third-order valence-corrected chi connectivity index (χ3v) is 5.53. The van der Waals surface area contributed by atoms with Crippen LogP contribution in [0.2, 0.25) is 0 Å². The summed E-state index contributed by atoms with van der Waals surface area (Å²) in [5.74, 6) is -4.72. The number of ether oxygens (including phenoxy) is 3. The molecule has 0 radical (unpaired) electrons. The lowest BCUT2D eigenvalue weighted by Gasteiger charge is -2.28. The second-order valence-electron chi connectivity index (χ2n) is 7.68. The van der Waals surface area contributed by atoms with Gasteiger partial charge in [0.15, 0.2) is 29.5 Å². The average molecular weight is 458 g/mol. The van der Waals surface area contributed by atoms with Crippen LogP contribution in [0.25, 0.3) is 22.3 Å². The molecule has 1 fully saturated rings. The highest BCUT2D eigenvalue weighted by atomic mass is 19.2.